The fourth-order valence-electron chi connectivity index (χ4n) is 0.851. The molecule has 1 N–H and O–H groups in total. The van der Waals surface area contributed by atoms with Crippen molar-refractivity contribution in [1.82, 2.24) is 10.2 Å². The molecule has 1 fully saturated rings. The highest BCUT2D eigenvalue weighted by Crippen LogP contribution is 2.01. The second-order valence-corrected chi connectivity index (χ2v) is 2.15. The highest BCUT2D eigenvalue weighted by molar-refractivity contribution is 4.98. The molecule has 0 bridgehead atoms. The molecule has 1 saturated heterocycles. The molecule has 0 radical (unpaired) electrons. The lowest BCUT2D eigenvalue weighted by molar-refractivity contribution is -0.404. The number of hydrogen-bond donors (Lipinski definition) is 1. The van der Waals surface area contributed by atoms with Crippen LogP contribution in [0.25, 0.3) is 0 Å². The molecule has 0 aromatic heterocycles. The monoisotopic (exact) mass is 143 g/mol. The van der Waals surface area contributed by atoms with E-state index in [-0.39, 0.29) is 0 Å². The van der Waals surface area contributed by atoms with Gasteiger partial charge in [0, 0.05) is 20.1 Å². The Kier molecular flexibility index (Phi) is 1.75. The summed E-state index contributed by atoms with van der Waals surface area (Å²) in [7, 11) is 1.81. The van der Waals surface area contributed by atoms with Gasteiger partial charge in [-0.15, -0.1) is 0 Å². The molecule has 0 aliphatic carbocycles. The average Bonchev–Trinajstić information content (AvgIpc) is 2.15. The zero-order valence-corrected chi connectivity index (χ0v) is 5.70. The van der Waals surface area contributed by atoms with E-state index in [0.29, 0.717) is 5.82 Å². The normalized spacial score (nSPS) is 21.3. The third-order valence-electron chi connectivity index (χ3n) is 1.39. The number of nitro groups is 1. The molecular formula is C5H9N3O2. The van der Waals surface area contributed by atoms with Crippen LogP contribution in [0.3, 0.4) is 0 Å². The Morgan fingerprint density at radius 1 is 1.90 bits per heavy atom. The Bertz CT molecular complexity index is 178. The molecule has 56 valence electrons. The molecule has 0 saturated carbocycles. The molecule has 1 heterocycles. The van der Waals surface area contributed by atoms with Gasteiger partial charge in [-0.1, -0.05) is 0 Å². The van der Waals surface area contributed by atoms with E-state index in [1.165, 1.54) is 0 Å². The highest BCUT2D eigenvalue weighted by Gasteiger charge is 2.13. The van der Waals surface area contributed by atoms with Gasteiger partial charge in [-0.3, -0.25) is 10.1 Å². The van der Waals surface area contributed by atoms with Gasteiger partial charge in [0.2, 0.25) is 0 Å². The molecule has 0 amide bonds. The smallest absolute Gasteiger partial charge is 0.274 e. The first-order valence-electron chi connectivity index (χ1n) is 3.00. The molecule has 10 heavy (non-hydrogen) atoms. The minimum absolute atomic E-state index is 0.454. The molecule has 0 spiro atoms. The maximum absolute atomic E-state index is 9.96. The topological polar surface area (TPSA) is 58.4 Å². The number of rotatable bonds is 1. The van der Waals surface area contributed by atoms with E-state index in [9.17, 15) is 10.1 Å². The first-order valence-corrected chi connectivity index (χ1v) is 3.00. The molecule has 0 aromatic rings. The van der Waals surface area contributed by atoms with Crippen LogP contribution in [-0.4, -0.2) is 30.0 Å². The van der Waals surface area contributed by atoms with Crippen molar-refractivity contribution in [1.29, 1.82) is 0 Å². The maximum atomic E-state index is 9.96. The van der Waals surface area contributed by atoms with Gasteiger partial charge in [-0.2, -0.15) is 0 Å². The number of likely N-dealkylation sites (N-methyl/N-ethyl adjacent to an activating group) is 1. The molecule has 0 atom stereocenters. The van der Waals surface area contributed by atoms with E-state index in [1.807, 2.05) is 11.9 Å². The van der Waals surface area contributed by atoms with Crippen molar-refractivity contribution >= 4 is 0 Å². The predicted octanol–water partition coefficient (Wildman–Crippen LogP) is -0.403. The number of nitrogens with zero attached hydrogens (tertiary/aromatic N) is 2. The molecular weight excluding hydrogens is 134 g/mol. The first-order chi connectivity index (χ1) is 4.70. The third-order valence-corrected chi connectivity index (χ3v) is 1.39. The van der Waals surface area contributed by atoms with Crippen LogP contribution >= 0.6 is 0 Å². The second kappa shape index (κ2) is 2.55. The van der Waals surface area contributed by atoms with E-state index in [0.717, 1.165) is 19.3 Å². The van der Waals surface area contributed by atoms with E-state index in [1.54, 1.807) is 0 Å². The first kappa shape index (κ1) is 6.85. The van der Waals surface area contributed by atoms with Gasteiger partial charge in [0.15, 0.2) is 5.82 Å². The molecule has 1 aliphatic heterocycles. The summed E-state index contributed by atoms with van der Waals surface area (Å²) in [5, 5.41) is 12.8. The standard InChI is InChI=1S/C5H9N3O2/c1-7-3-2-6-5(7)4-8(9)10/h4,6H,2-3H2,1H3. The van der Waals surface area contributed by atoms with E-state index < -0.39 is 4.92 Å². The summed E-state index contributed by atoms with van der Waals surface area (Å²) in [6.07, 6.45) is 0.979. The summed E-state index contributed by atoms with van der Waals surface area (Å²) in [6, 6.07) is 0. The van der Waals surface area contributed by atoms with Crippen molar-refractivity contribution in [3.05, 3.63) is 22.1 Å². The SMILES string of the molecule is CN1CCNC1=C[N+](=O)[O-]. The Morgan fingerprint density at radius 3 is 3.00 bits per heavy atom. The number of hydrogen-bond acceptors (Lipinski definition) is 4. The summed E-state index contributed by atoms with van der Waals surface area (Å²) in [6.45, 7) is 1.62. The lowest BCUT2D eigenvalue weighted by Crippen LogP contribution is -2.15. The van der Waals surface area contributed by atoms with Gasteiger partial charge in [-0.25, -0.2) is 0 Å². The lowest BCUT2D eigenvalue weighted by Gasteiger charge is -2.06. The van der Waals surface area contributed by atoms with Crippen LogP contribution < -0.4 is 5.32 Å². The molecule has 0 unspecified atom stereocenters. The van der Waals surface area contributed by atoms with E-state index in [2.05, 4.69) is 5.32 Å². The van der Waals surface area contributed by atoms with Crippen molar-refractivity contribution < 1.29 is 4.92 Å². The summed E-state index contributed by atoms with van der Waals surface area (Å²) < 4.78 is 0. The van der Waals surface area contributed by atoms with Crippen LogP contribution in [0.1, 0.15) is 0 Å². The van der Waals surface area contributed by atoms with Crippen molar-refractivity contribution in [2.24, 2.45) is 0 Å². The molecule has 1 rings (SSSR count). The van der Waals surface area contributed by atoms with Crippen molar-refractivity contribution in [2.45, 2.75) is 0 Å². The molecule has 1 aliphatic rings. The van der Waals surface area contributed by atoms with Gasteiger partial charge < -0.3 is 10.2 Å². The minimum Gasteiger partial charge on any atom is -0.365 e. The van der Waals surface area contributed by atoms with Crippen LogP contribution in [0.5, 0.6) is 0 Å². The molecule has 5 heteroatoms. The molecule has 5 nitrogen and oxygen atoms in total. The van der Waals surface area contributed by atoms with Crippen LogP contribution in [-0.2, 0) is 0 Å². The minimum atomic E-state index is -0.454. The summed E-state index contributed by atoms with van der Waals surface area (Å²) >= 11 is 0. The van der Waals surface area contributed by atoms with Gasteiger partial charge in [0.05, 0.1) is 4.92 Å². The quantitative estimate of drug-likeness (QED) is 0.400. The lowest BCUT2D eigenvalue weighted by atomic mass is 10.6. The predicted molar refractivity (Wildman–Crippen MR) is 35.7 cm³/mol. The summed E-state index contributed by atoms with van der Waals surface area (Å²) in [5.74, 6) is 0.588. The van der Waals surface area contributed by atoms with Gasteiger partial charge in [0.25, 0.3) is 6.20 Å². The Morgan fingerprint density at radius 2 is 2.60 bits per heavy atom. The second-order valence-electron chi connectivity index (χ2n) is 2.15. The van der Waals surface area contributed by atoms with Crippen LogP contribution in [0, 0.1) is 10.1 Å². The fraction of sp³-hybridized carbons (Fsp3) is 0.600. The Hall–Kier alpha value is -1.26. The summed E-state index contributed by atoms with van der Waals surface area (Å²) in [4.78, 5) is 11.3. The fourth-order valence-corrected chi connectivity index (χ4v) is 0.851. The molecule has 0 aromatic carbocycles. The van der Waals surface area contributed by atoms with E-state index >= 15 is 0 Å². The zero-order valence-electron chi connectivity index (χ0n) is 5.70. The number of nitrogens with one attached hydrogen (secondary N) is 1. The van der Waals surface area contributed by atoms with Gasteiger partial charge in [0.1, 0.15) is 0 Å². The van der Waals surface area contributed by atoms with Crippen molar-refractivity contribution in [2.75, 3.05) is 20.1 Å². The maximum Gasteiger partial charge on any atom is 0.274 e. The third kappa shape index (κ3) is 1.37. The Labute approximate surface area is 58.5 Å². The van der Waals surface area contributed by atoms with Crippen LogP contribution in [0.15, 0.2) is 12.0 Å². The van der Waals surface area contributed by atoms with E-state index in [4.69, 9.17) is 0 Å². The Balaban J connectivity index is 2.62. The van der Waals surface area contributed by atoms with Crippen LogP contribution in [0.2, 0.25) is 0 Å². The van der Waals surface area contributed by atoms with Crippen molar-refractivity contribution in [3.63, 3.8) is 0 Å². The summed E-state index contributed by atoms with van der Waals surface area (Å²) in [5.41, 5.74) is 0. The zero-order chi connectivity index (χ0) is 7.56. The van der Waals surface area contributed by atoms with Gasteiger partial charge >= 0.3 is 0 Å². The van der Waals surface area contributed by atoms with Crippen molar-refractivity contribution in [3.8, 4) is 0 Å². The highest BCUT2D eigenvalue weighted by atomic mass is 16.6. The average molecular weight is 143 g/mol. The van der Waals surface area contributed by atoms with Gasteiger partial charge in [-0.05, 0) is 0 Å². The largest absolute Gasteiger partial charge is 0.365 e. The van der Waals surface area contributed by atoms with Crippen LogP contribution in [0.4, 0.5) is 0 Å².